The number of rotatable bonds is 8. The lowest BCUT2D eigenvalue weighted by atomic mass is 9.91. The quantitative estimate of drug-likeness (QED) is 0.731. The second-order valence-electron chi connectivity index (χ2n) is 5.19. The number of hydrogen-bond acceptors (Lipinski definition) is 3. The van der Waals surface area contributed by atoms with Crippen molar-refractivity contribution in [2.45, 2.75) is 12.5 Å². The minimum Gasteiger partial charge on any atom is -0.481 e. The lowest BCUT2D eigenvalue weighted by molar-refractivity contribution is -0.154. The van der Waals surface area contributed by atoms with Crippen LogP contribution in [0.15, 0.2) is 55.1 Å². The highest BCUT2D eigenvalue weighted by atomic mass is 16.5. The molecule has 2 atom stereocenters. The SMILES string of the molecule is C=CCOC(c1ccc2ccccc2c1)C(CC(=O)O)C(=O)O. The molecule has 2 N–H and O–H groups in total. The average molecular weight is 314 g/mol. The van der Waals surface area contributed by atoms with Gasteiger partial charge in [-0.25, -0.2) is 0 Å². The number of ether oxygens (including phenoxy) is 1. The van der Waals surface area contributed by atoms with Gasteiger partial charge in [0.05, 0.1) is 25.0 Å². The lowest BCUT2D eigenvalue weighted by Gasteiger charge is -2.23. The maximum atomic E-state index is 11.5. The molecule has 0 radical (unpaired) electrons. The van der Waals surface area contributed by atoms with Crippen molar-refractivity contribution in [1.82, 2.24) is 0 Å². The molecule has 0 amide bonds. The Bertz CT molecular complexity index is 722. The molecule has 2 rings (SSSR count). The topological polar surface area (TPSA) is 83.8 Å². The molecule has 0 saturated carbocycles. The van der Waals surface area contributed by atoms with Crippen LogP contribution in [-0.4, -0.2) is 28.8 Å². The van der Waals surface area contributed by atoms with Crippen LogP contribution in [0.5, 0.6) is 0 Å². The Balaban J connectivity index is 2.43. The summed E-state index contributed by atoms with van der Waals surface area (Å²) >= 11 is 0. The van der Waals surface area contributed by atoms with E-state index < -0.39 is 30.4 Å². The van der Waals surface area contributed by atoms with Gasteiger partial charge >= 0.3 is 11.9 Å². The van der Waals surface area contributed by atoms with Gasteiger partial charge in [0.15, 0.2) is 0 Å². The van der Waals surface area contributed by atoms with Crippen LogP contribution in [0.3, 0.4) is 0 Å². The largest absolute Gasteiger partial charge is 0.481 e. The molecule has 5 nitrogen and oxygen atoms in total. The van der Waals surface area contributed by atoms with Gasteiger partial charge in [-0.2, -0.15) is 0 Å². The standard InChI is InChI=1S/C18H18O5/c1-2-9-23-17(15(18(21)22)11-16(19)20)14-8-7-12-5-3-4-6-13(12)10-14/h2-8,10,15,17H,1,9,11H2,(H,19,20)(H,21,22). The van der Waals surface area contributed by atoms with Crippen LogP contribution in [0, 0.1) is 5.92 Å². The van der Waals surface area contributed by atoms with Crippen LogP contribution in [0.25, 0.3) is 10.8 Å². The highest BCUT2D eigenvalue weighted by Gasteiger charge is 2.32. The molecule has 23 heavy (non-hydrogen) atoms. The van der Waals surface area contributed by atoms with E-state index >= 15 is 0 Å². The molecule has 5 heteroatoms. The fraction of sp³-hybridized carbons (Fsp3) is 0.222. The fourth-order valence-electron chi connectivity index (χ4n) is 2.51. The zero-order valence-corrected chi connectivity index (χ0v) is 12.5. The van der Waals surface area contributed by atoms with Crippen molar-refractivity contribution in [1.29, 1.82) is 0 Å². The van der Waals surface area contributed by atoms with Crippen LogP contribution in [0.2, 0.25) is 0 Å². The van der Waals surface area contributed by atoms with E-state index in [4.69, 9.17) is 9.84 Å². The molecule has 0 heterocycles. The summed E-state index contributed by atoms with van der Waals surface area (Å²) in [7, 11) is 0. The third-order valence-electron chi connectivity index (χ3n) is 3.57. The molecule has 0 aliphatic rings. The molecule has 0 aromatic heterocycles. The number of fused-ring (bicyclic) bond motifs is 1. The van der Waals surface area contributed by atoms with Crippen molar-refractivity contribution in [2.24, 2.45) is 5.92 Å². The molecular weight excluding hydrogens is 296 g/mol. The molecule has 2 aromatic carbocycles. The summed E-state index contributed by atoms with van der Waals surface area (Å²) in [6.07, 6.45) is 0.142. The molecule has 120 valence electrons. The van der Waals surface area contributed by atoms with E-state index in [1.165, 1.54) is 6.08 Å². The summed E-state index contributed by atoms with van der Waals surface area (Å²) in [6, 6.07) is 13.1. The van der Waals surface area contributed by atoms with Crippen LogP contribution in [-0.2, 0) is 14.3 Å². The first-order valence-corrected chi connectivity index (χ1v) is 7.18. The first-order chi connectivity index (χ1) is 11.0. The van der Waals surface area contributed by atoms with E-state index in [1.54, 1.807) is 6.07 Å². The monoisotopic (exact) mass is 314 g/mol. The number of hydrogen-bond donors (Lipinski definition) is 2. The van der Waals surface area contributed by atoms with Crippen LogP contribution >= 0.6 is 0 Å². The van der Waals surface area contributed by atoms with Crippen LogP contribution < -0.4 is 0 Å². The first-order valence-electron chi connectivity index (χ1n) is 7.18. The summed E-state index contributed by atoms with van der Waals surface area (Å²) in [6.45, 7) is 3.69. The highest BCUT2D eigenvalue weighted by Crippen LogP contribution is 2.31. The van der Waals surface area contributed by atoms with Crippen molar-refractivity contribution in [3.63, 3.8) is 0 Å². The smallest absolute Gasteiger partial charge is 0.310 e. The third-order valence-corrected chi connectivity index (χ3v) is 3.57. The van der Waals surface area contributed by atoms with Crippen molar-refractivity contribution < 1.29 is 24.5 Å². The Labute approximate surface area is 133 Å². The second kappa shape index (κ2) is 7.56. The highest BCUT2D eigenvalue weighted by molar-refractivity contribution is 5.83. The third kappa shape index (κ3) is 4.17. The molecule has 0 spiro atoms. The van der Waals surface area contributed by atoms with E-state index in [9.17, 15) is 14.7 Å². The first kappa shape index (κ1) is 16.7. The Morgan fingerprint density at radius 1 is 1.13 bits per heavy atom. The molecule has 0 fully saturated rings. The maximum absolute atomic E-state index is 11.5. The van der Waals surface area contributed by atoms with Crippen molar-refractivity contribution in [3.8, 4) is 0 Å². The average Bonchev–Trinajstić information content (AvgIpc) is 2.53. The molecule has 0 bridgehead atoms. The minimum atomic E-state index is -1.20. The van der Waals surface area contributed by atoms with E-state index in [0.29, 0.717) is 5.56 Å². The lowest BCUT2D eigenvalue weighted by Crippen LogP contribution is -2.27. The van der Waals surface area contributed by atoms with Crippen molar-refractivity contribution >= 4 is 22.7 Å². The van der Waals surface area contributed by atoms with Gasteiger partial charge in [0.2, 0.25) is 0 Å². The zero-order chi connectivity index (χ0) is 16.8. The molecule has 2 aromatic rings. The van der Waals surface area contributed by atoms with E-state index in [2.05, 4.69) is 6.58 Å². The fourth-order valence-corrected chi connectivity index (χ4v) is 2.51. The molecule has 2 unspecified atom stereocenters. The van der Waals surface area contributed by atoms with Gasteiger partial charge in [-0.3, -0.25) is 9.59 Å². The molecule has 0 aliphatic carbocycles. The Kier molecular flexibility index (Phi) is 5.49. The number of carbonyl (C=O) groups is 2. The van der Waals surface area contributed by atoms with E-state index in [0.717, 1.165) is 10.8 Å². The predicted molar refractivity (Wildman–Crippen MR) is 86.2 cm³/mol. The summed E-state index contributed by atoms with van der Waals surface area (Å²) in [4.78, 5) is 22.5. The molecule has 0 saturated heterocycles. The van der Waals surface area contributed by atoms with Gasteiger partial charge in [0, 0.05) is 0 Å². The normalized spacial score (nSPS) is 13.4. The molecular formula is C18H18O5. The van der Waals surface area contributed by atoms with Crippen LogP contribution in [0.4, 0.5) is 0 Å². The summed E-state index contributed by atoms with van der Waals surface area (Å²) < 4.78 is 5.59. The summed E-state index contributed by atoms with van der Waals surface area (Å²) in [5.41, 5.74) is 0.638. The van der Waals surface area contributed by atoms with Gasteiger partial charge in [0.1, 0.15) is 0 Å². The number of carboxylic acid groups (broad SMARTS) is 2. The number of aliphatic carboxylic acids is 2. The zero-order valence-electron chi connectivity index (χ0n) is 12.5. The van der Waals surface area contributed by atoms with E-state index in [1.807, 2.05) is 36.4 Å². The van der Waals surface area contributed by atoms with Gasteiger partial charge < -0.3 is 14.9 Å². The number of carboxylic acids is 2. The van der Waals surface area contributed by atoms with E-state index in [-0.39, 0.29) is 6.61 Å². The molecule has 0 aliphatic heterocycles. The Morgan fingerprint density at radius 2 is 1.83 bits per heavy atom. The van der Waals surface area contributed by atoms with Gasteiger partial charge in [0.25, 0.3) is 0 Å². The minimum absolute atomic E-state index is 0.140. The predicted octanol–water partition coefficient (Wildman–Crippen LogP) is 3.26. The Hall–Kier alpha value is -2.66. The second-order valence-corrected chi connectivity index (χ2v) is 5.19. The number of benzene rings is 2. The van der Waals surface area contributed by atoms with Crippen molar-refractivity contribution in [2.75, 3.05) is 6.61 Å². The Morgan fingerprint density at radius 3 is 2.43 bits per heavy atom. The van der Waals surface area contributed by atoms with Crippen molar-refractivity contribution in [3.05, 3.63) is 60.7 Å². The summed E-state index contributed by atoms with van der Waals surface area (Å²) in [5, 5.41) is 20.3. The maximum Gasteiger partial charge on any atom is 0.310 e. The van der Waals surface area contributed by atoms with Gasteiger partial charge in [-0.05, 0) is 22.4 Å². The van der Waals surface area contributed by atoms with Crippen LogP contribution in [0.1, 0.15) is 18.1 Å². The summed E-state index contributed by atoms with van der Waals surface area (Å²) in [5.74, 6) is -3.55. The van der Waals surface area contributed by atoms with Gasteiger partial charge in [-0.15, -0.1) is 6.58 Å². The van der Waals surface area contributed by atoms with Gasteiger partial charge in [-0.1, -0.05) is 42.5 Å².